The van der Waals surface area contributed by atoms with Crippen molar-refractivity contribution in [3.63, 3.8) is 0 Å². The first-order valence-corrected chi connectivity index (χ1v) is 7.49. The summed E-state index contributed by atoms with van der Waals surface area (Å²) in [5, 5.41) is 12.9. The van der Waals surface area contributed by atoms with Gasteiger partial charge >= 0.3 is 0 Å². The maximum Gasteiger partial charge on any atom is 0.224 e. The molecule has 0 bridgehead atoms. The van der Waals surface area contributed by atoms with Crippen molar-refractivity contribution >= 4 is 11.6 Å². The number of carbonyl (C=O) groups is 1. The Balaban J connectivity index is 1.95. The molecule has 1 unspecified atom stereocenters. The number of hydrogen-bond donors (Lipinski definition) is 2. The third-order valence-corrected chi connectivity index (χ3v) is 3.55. The van der Waals surface area contributed by atoms with Crippen molar-refractivity contribution in [1.29, 1.82) is 0 Å². The van der Waals surface area contributed by atoms with Crippen LogP contribution < -0.4 is 14.8 Å². The van der Waals surface area contributed by atoms with Gasteiger partial charge in [0.2, 0.25) is 5.91 Å². The van der Waals surface area contributed by atoms with Crippen LogP contribution in [0.15, 0.2) is 42.5 Å². The SMILES string of the molecule is COc1ccc(C(O)CCC(=O)Nc2cccc(F)c2)c(OC)c1. The number of halogens is 1. The third-order valence-electron chi connectivity index (χ3n) is 3.55. The maximum absolute atomic E-state index is 13.1. The van der Waals surface area contributed by atoms with E-state index in [2.05, 4.69) is 5.32 Å². The summed E-state index contributed by atoms with van der Waals surface area (Å²) in [7, 11) is 3.04. The van der Waals surface area contributed by atoms with E-state index >= 15 is 0 Å². The Morgan fingerprint density at radius 2 is 2.00 bits per heavy atom. The molecule has 0 saturated heterocycles. The summed E-state index contributed by atoms with van der Waals surface area (Å²) in [6.45, 7) is 0. The van der Waals surface area contributed by atoms with Gasteiger partial charge in [-0.2, -0.15) is 0 Å². The van der Waals surface area contributed by atoms with Gasteiger partial charge in [-0.05, 0) is 36.8 Å². The second-order valence-electron chi connectivity index (χ2n) is 5.22. The summed E-state index contributed by atoms with van der Waals surface area (Å²) in [6, 6.07) is 10.7. The highest BCUT2D eigenvalue weighted by molar-refractivity contribution is 5.90. The monoisotopic (exact) mass is 333 g/mol. The zero-order valence-electron chi connectivity index (χ0n) is 13.6. The van der Waals surface area contributed by atoms with Crippen LogP contribution >= 0.6 is 0 Å². The van der Waals surface area contributed by atoms with Gasteiger partial charge in [0.1, 0.15) is 17.3 Å². The molecule has 0 radical (unpaired) electrons. The highest BCUT2D eigenvalue weighted by atomic mass is 19.1. The van der Waals surface area contributed by atoms with Gasteiger partial charge in [0.25, 0.3) is 0 Å². The van der Waals surface area contributed by atoms with Gasteiger partial charge in [0.15, 0.2) is 0 Å². The van der Waals surface area contributed by atoms with Gasteiger partial charge < -0.3 is 19.9 Å². The fourth-order valence-corrected chi connectivity index (χ4v) is 2.31. The lowest BCUT2D eigenvalue weighted by Gasteiger charge is -2.15. The summed E-state index contributed by atoms with van der Waals surface area (Å²) in [5.41, 5.74) is 0.966. The molecular weight excluding hydrogens is 313 g/mol. The number of aliphatic hydroxyl groups excluding tert-OH is 1. The molecule has 5 nitrogen and oxygen atoms in total. The number of benzene rings is 2. The Labute approximate surface area is 140 Å². The molecule has 1 atom stereocenters. The zero-order chi connectivity index (χ0) is 17.5. The molecule has 2 aromatic rings. The van der Waals surface area contributed by atoms with Crippen LogP contribution in [-0.4, -0.2) is 25.2 Å². The molecule has 0 aliphatic rings. The molecule has 0 saturated carbocycles. The predicted octanol–water partition coefficient (Wildman–Crippen LogP) is 3.30. The van der Waals surface area contributed by atoms with Crippen LogP contribution in [0.1, 0.15) is 24.5 Å². The van der Waals surface area contributed by atoms with E-state index in [1.807, 2.05) is 0 Å². The van der Waals surface area contributed by atoms with Crippen LogP contribution in [0, 0.1) is 5.82 Å². The lowest BCUT2D eigenvalue weighted by molar-refractivity contribution is -0.116. The number of aliphatic hydroxyl groups is 1. The minimum atomic E-state index is -0.857. The number of carbonyl (C=O) groups excluding carboxylic acids is 1. The first kappa shape index (κ1) is 17.7. The molecule has 2 rings (SSSR count). The van der Waals surface area contributed by atoms with Crippen LogP contribution in [0.3, 0.4) is 0 Å². The Hall–Kier alpha value is -2.60. The highest BCUT2D eigenvalue weighted by Gasteiger charge is 2.16. The van der Waals surface area contributed by atoms with E-state index in [1.54, 1.807) is 31.4 Å². The molecule has 2 aromatic carbocycles. The molecule has 0 aliphatic carbocycles. The Morgan fingerprint density at radius 1 is 1.21 bits per heavy atom. The normalized spacial score (nSPS) is 11.7. The number of hydrogen-bond acceptors (Lipinski definition) is 4. The van der Waals surface area contributed by atoms with Gasteiger partial charge in [-0.3, -0.25) is 4.79 Å². The topological polar surface area (TPSA) is 67.8 Å². The average Bonchev–Trinajstić information content (AvgIpc) is 2.59. The van der Waals surface area contributed by atoms with Crippen LogP contribution in [-0.2, 0) is 4.79 Å². The Morgan fingerprint density at radius 3 is 2.67 bits per heavy atom. The van der Waals surface area contributed by atoms with E-state index in [0.29, 0.717) is 22.7 Å². The summed E-state index contributed by atoms with van der Waals surface area (Å²) in [5.74, 6) is 0.391. The van der Waals surface area contributed by atoms with E-state index in [0.717, 1.165) is 0 Å². The zero-order valence-corrected chi connectivity index (χ0v) is 13.6. The second-order valence-corrected chi connectivity index (χ2v) is 5.22. The minimum Gasteiger partial charge on any atom is -0.497 e. The Kier molecular flexibility index (Phi) is 6.14. The van der Waals surface area contributed by atoms with E-state index in [9.17, 15) is 14.3 Å². The average molecular weight is 333 g/mol. The van der Waals surface area contributed by atoms with Crippen molar-refractivity contribution in [2.75, 3.05) is 19.5 Å². The number of rotatable bonds is 7. The molecule has 0 spiro atoms. The van der Waals surface area contributed by atoms with E-state index in [-0.39, 0.29) is 18.7 Å². The molecule has 0 fully saturated rings. The lowest BCUT2D eigenvalue weighted by Crippen LogP contribution is -2.13. The van der Waals surface area contributed by atoms with Crippen LogP contribution in [0.4, 0.5) is 10.1 Å². The molecule has 24 heavy (non-hydrogen) atoms. The molecule has 1 amide bonds. The van der Waals surface area contributed by atoms with E-state index in [4.69, 9.17) is 9.47 Å². The Bertz CT molecular complexity index is 705. The van der Waals surface area contributed by atoms with E-state index < -0.39 is 11.9 Å². The lowest BCUT2D eigenvalue weighted by atomic mass is 10.0. The maximum atomic E-state index is 13.1. The van der Waals surface area contributed by atoms with Crippen molar-refractivity contribution in [2.24, 2.45) is 0 Å². The largest absolute Gasteiger partial charge is 0.497 e. The third kappa shape index (κ3) is 4.70. The molecule has 6 heteroatoms. The number of ether oxygens (including phenoxy) is 2. The fourth-order valence-electron chi connectivity index (χ4n) is 2.31. The molecule has 2 N–H and O–H groups in total. The van der Waals surface area contributed by atoms with Gasteiger partial charge in [0, 0.05) is 23.7 Å². The smallest absolute Gasteiger partial charge is 0.224 e. The van der Waals surface area contributed by atoms with Crippen LogP contribution in [0.5, 0.6) is 11.5 Å². The molecule has 0 aliphatic heterocycles. The summed E-state index contributed by atoms with van der Waals surface area (Å²) in [6.07, 6.45) is -0.555. The van der Waals surface area contributed by atoms with Gasteiger partial charge in [-0.25, -0.2) is 4.39 Å². The summed E-state index contributed by atoms with van der Waals surface area (Å²) >= 11 is 0. The second kappa shape index (κ2) is 8.31. The highest BCUT2D eigenvalue weighted by Crippen LogP contribution is 2.31. The van der Waals surface area contributed by atoms with Crippen molar-refractivity contribution in [1.82, 2.24) is 0 Å². The number of nitrogens with one attached hydrogen (secondary N) is 1. The number of methoxy groups -OCH3 is 2. The molecule has 0 heterocycles. The summed E-state index contributed by atoms with van der Waals surface area (Å²) in [4.78, 5) is 11.9. The van der Waals surface area contributed by atoms with Gasteiger partial charge in [-0.15, -0.1) is 0 Å². The van der Waals surface area contributed by atoms with Crippen LogP contribution in [0.25, 0.3) is 0 Å². The van der Waals surface area contributed by atoms with Crippen molar-refractivity contribution in [3.05, 3.63) is 53.8 Å². The van der Waals surface area contributed by atoms with E-state index in [1.165, 1.54) is 25.3 Å². The number of anilines is 1. The predicted molar refractivity (Wildman–Crippen MR) is 88.8 cm³/mol. The van der Waals surface area contributed by atoms with Crippen molar-refractivity contribution in [2.45, 2.75) is 18.9 Å². The number of amides is 1. The van der Waals surface area contributed by atoms with Gasteiger partial charge in [0.05, 0.1) is 20.3 Å². The van der Waals surface area contributed by atoms with Crippen molar-refractivity contribution < 1.29 is 23.8 Å². The molecule has 0 aromatic heterocycles. The van der Waals surface area contributed by atoms with Crippen molar-refractivity contribution in [3.8, 4) is 11.5 Å². The first-order valence-electron chi connectivity index (χ1n) is 7.49. The minimum absolute atomic E-state index is 0.0901. The van der Waals surface area contributed by atoms with Crippen LogP contribution in [0.2, 0.25) is 0 Å². The fraction of sp³-hybridized carbons (Fsp3) is 0.278. The molecule has 128 valence electrons. The standard InChI is InChI=1S/C18H20FNO4/c1-23-14-6-7-15(17(11-14)24-2)16(21)8-9-18(22)20-13-5-3-4-12(19)10-13/h3-7,10-11,16,21H,8-9H2,1-2H3,(H,20,22). The van der Waals surface area contributed by atoms with Gasteiger partial charge in [-0.1, -0.05) is 6.07 Å². The quantitative estimate of drug-likeness (QED) is 0.816. The summed E-state index contributed by atoms with van der Waals surface area (Å²) < 4.78 is 23.4. The first-order chi connectivity index (χ1) is 11.5. The molecular formula is C18H20FNO4.